The number of carbonyl (C=O) groups excluding carboxylic acids is 1. The summed E-state index contributed by atoms with van der Waals surface area (Å²) in [6.45, 7) is 1.02. The second-order valence-electron chi connectivity index (χ2n) is 5.10. The Kier molecular flexibility index (Phi) is 5.68. The highest BCUT2D eigenvalue weighted by molar-refractivity contribution is 6.36. The van der Waals surface area contributed by atoms with Crippen LogP contribution in [0.3, 0.4) is 0 Å². The van der Waals surface area contributed by atoms with Crippen LogP contribution in [0.1, 0.15) is 42.5 Å². The number of rotatable bonds is 5. The van der Waals surface area contributed by atoms with Crippen LogP contribution in [0.2, 0.25) is 5.02 Å². The van der Waals surface area contributed by atoms with Gasteiger partial charge in [0.05, 0.1) is 29.0 Å². The van der Waals surface area contributed by atoms with E-state index in [0.29, 0.717) is 35.5 Å². The third-order valence-corrected chi connectivity index (χ3v) is 3.99. The van der Waals surface area contributed by atoms with Gasteiger partial charge in [0.1, 0.15) is 0 Å². The second kappa shape index (κ2) is 7.50. The third-order valence-electron chi connectivity index (χ3n) is 3.57. The maximum atomic E-state index is 12.0. The molecule has 0 atom stereocenters. The lowest BCUT2D eigenvalue weighted by atomic mass is 9.98. The van der Waals surface area contributed by atoms with E-state index < -0.39 is 0 Å². The molecule has 20 heavy (non-hydrogen) atoms. The summed E-state index contributed by atoms with van der Waals surface area (Å²) in [4.78, 5) is 12.0. The summed E-state index contributed by atoms with van der Waals surface area (Å²) in [5.41, 5.74) is 6.50. The van der Waals surface area contributed by atoms with Crippen LogP contribution in [0.15, 0.2) is 18.2 Å². The first kappa shape index (κ1) is 15.1. The Labute approximate surface area is 124 Å². The van der Waals surface area contributed by atoms with Crippen molar-refractivity contribution < 1.29 is 9.53 Å². The summed E-state index contributed by atoms with van der Waals surface area (Å²) < 4.78 is 5.75. The van der Waals surface area contributed by atoms with Crippen molar-refractivity contribution in [2.75, 3.05) is 18.9 Å². The van der Waals surface area contributed by atoms with Crippen LogP contribution >= 0.6 is 11.6 Å². The lowest BCUT2D eigenvalue weighted by molar-refractivity contribution is 0.0299. The number of carbonyl (C=O) groups is 1. The number of ether oxygens (including phenoxy) is 1. The van der Waals surface area contributed by atoms with Crippen molar-refractivity contribution in [1.82, 2.24) is 5.32 Å². The van der Waals surface area contributed by atoms with E-state index in [1.54, 1.807) is 18.2 Å². The summed E-state index contributed by atoms with van der Waals surface area (Å²) >= 11 is 6.01. The SMILES string of the molecule is Nc1cccc(C(=O)NCCOC2CCCCC2)c1Cl. The average Bonchev–Trinajstić information content (AvgIpc) is 2.47. The molecule has 0 aromatic heterocycles. The number of nitrogen functional groups attached to an aromatic ring is 1. The Morgan fingerprint density at radius 3 is 2.85 bits per heavy atom. The molecule has 1 saturated carbocycles. The van der Waals surface area contributed by atoms with E-state index in [1.807, 2.05) is 0 Å². The normalized spacial score (nSPS) is 16.1. The highest BCUT2D eigenvalue weighted by atomic mass is 35.5. The van der Waals surface area contributed by atoms with Gasteiger partial charge in [-0.3, -0.25) is 4.79 Å². The second-order valence-corrected chi connectivity index (χ2v) is 5.47. The fourth-order valence-corrected chi connectivity index (χ4v) is 2.65. The van der Waals surface area contributed by atoms with Gasteiger partial charge in [0.15, 0.2) is 0 Å². The standard InChI is InChI=1S/C15H21ClN2O2/c16-14-12(7-4-8-13(14)17)15(19)18-9-10-20-11-5-2-1-3-6-11/h4,7-8,11H,1-3,5-6,9-10,17H2,(H,18,19). The predicted octanol–water partition coefficient (Wildman–Crippen LogP) is 3.00. The number of amides is 1. The molecule has 4 nitrogen and oxygen atoms in total. The number of halogens is 1. The molecule has 0 bridgehead atoms. The van der Waals surface area contributed by atoms with E-state index >= 15 is 0 Å². The molecule has 0 heterocycles. The van der Waals surface area contributed by atoms with E-state index in [4.69, 9.17) is 22.1 Å². The van der Waals surface area contributed by atoms with Crippen LogP contribution in [0.25, 0.3) is 0 Å². The van der Waals surface area contributed by atoms with Gasteiger partial charge in [-0.25, -0.2) is 0 Å². The summed E-state index contributed by atoms with van der Waals surface area (Å²) in [5, 5.41) is 3.11. The van der Waals surface area contributed by atoms with Crippen LogP contribution < -0.4 is 11.1 Å². The third kappa shape index (κ3) is 4.12. The van der Waals surface area contributed by atoms with E-state index in [1.165, 1.54) is 19.3 Å². The zero-order valence-electron chi connectivity index (χ0n) is 11.5. The van der Waals surface area contributed by atoms with Crippen molar-refractivity contribution in [2.45, 2.75) is 38.2 Å². The molecule has 2 rings (SSSR count). The topological polar surface area (TPSA) is 64.4 Å². The largest absolute Gasteiger partial charge is 0.398 e. The van der Waals surface area contributed by atoms with E-state index in [2.05, 4.69) is 5.32 Å². The molecule has 110 valence electrons. The molecule has 1 aromatic carbocycles. The van der Waals surface area contributed by atoms with Gasteiger partial charge in [0.2, 0.25) is 0 Å². The molecule has 1 aliphatic carbocycles. The first-order valence-corrected chi connectivity index (χ1v) is 7.50. The molecule has 1 aromatic rings. The van der Waals surface area contributed by atoms with Crippen molar-refractivity contribution in [3.63, 3.8) is 0 Å². The Morgan fingerprint density at radius 2 is 2.10 bits per heavy atom. The number of anilines is 1. The Hall–Kier alpha value is -1.26. The highest BCUT2D eigenvalue weighted by Gasteiger charge is 2.14. The molecule has 5 heteroatoms. The summed E-state index contributed by atoms with van der Waals surface area (Å²) in [7, 11) is 0. The molecule has 1 amide bonds. The number of hydrogen-bond acceptors (Lipinski definition) is 3. The van der Waals surface area contributed by atoms with Crippen molar-refractivity contribution in [3.8, 4) is 0 Å². The molecule has 0 spiro atoms. The van der Waals surface area contributed by atoms with Crippen molar-refractivity contribution >= 4 is 23.2 Å². The smallest absolute Gasteiger partial charge is 0.252 e. The predicted molar refractivity (Wildman–Crippen MR) is 81.0 cm³/mol. The summed E-state index contributed by atoms with van der Waals surface area (Å²) in [6.07, 6.45) is 6.43. The Balaban J connectivity index is 1.73. The average molecular weight is 297 g/mol. The molecule has 0 unspecified atom stereocenters. The van der Waals surface area contributed by atoms with Crippen LogP contribution in [0.4, 0.5) is 5.69 Å². The first-order valence-electron chi connectivity index (χ1n) is 7.12. The molecule has 0 saturated heterocycles. The minimum absolute atomic E-state index is 0.213. The molecular weight excluding hydrogens is 276 g/mol. The van der Waals surface area contributed by atoms with Crippen molar-refractivity contribution in [2.24, 2.45) is 0 Å². The van der Waals surface area contributed by atoms with E-state index in [9.17, 15) is 4.79 Å². The molecule has 1 aliphatic rings. The van der Waals surface area contributed by atoms with Gasteiger partial charge in [0, 0.05) is 6.54 Å². The molecule has 3 N–H and O–H groups in total. The highest BCUT2D eigenvalue weighted by Crippen LogP contribution is 2.23. The molecule has 0 aliphatic heterocycles. The number of hydrogen-bond donors (Lipinski definition) is 2. The Bertz CT molecular complexity index is 459. The van der Waals surface area contributed by atoms with Gasteiger partial charge in [-0.2, -0.15) is 0 Å². The van der Waals surface area contributed by atoms with Crippen LogP contribution in [0.5, 0.6) is 0 Å². The molecular formula is C15H21ClN2O2. The van der Waals surface area contributed by atoms with Gasteiger partial charge in [0.25, 0.3) is 5.91 Å². The van der Waals surface area contributed by atoms with Crippen molar-refractivity contribution in [3.05, 3.63) is 28.8 Å². The van der Waals surface area contributed by atoms with Crippen LogP contribution in [0, 0.1) is 0 Å². The fourth-order valence-electron chi connectivity index (χ4n) is 2.44. The van der Waals surface area contributed by atoms with Crippen molar-refractivity contribution in [1.29, 1.82) is 0 Å². The lowest BCUT2D eigenvalue weighted by Crippen LogP contribution is -2.29. The molecule has 0 radical (unpaired) electrons. The number of nitrogens with two attached hydrogens (primary N) is 1. The van der Waals surface area contributed by atoms with Gasteiger partial charge in [-0.1, -0.05) is 36.9 Å². The minimum Gasteiger partial charge on any atom is -0.398 e. The number of benzene rings is 1. The van der Waals surface area contributed by atoms with E-state index in [0.717, 1.165) is 12.8 Å². The zero-order chi connectivity index (χ0) is 14.4. The van der Waals surface area contributed by atoms with Gasteiger partial charge >= 0.3 is 0 Å². The summed E-state index contributed by atoms with van der Waals surface area (Å²) in [6, 6.07) is 5.05. The van der Waals surface area contributed by atoms with Crippen LogP contribution in [-0.4, -0.2) is 25.2 Å². The Morgan fingerprint density at radius 1 is 1.35 bits per heavy atom. The number of nitrogens with one attached hydrogen (secondary N) is 1. The molecule has 1 fully saturated rings. The van der Waals surface area contributed by atoms with Gasteiger partial charge in [-0.15, -0.1) is 0 Å². The lowest BCUT2D eigenvalue weighted by Gasteiger charge is -2.22. The van der Waals surface area contributed by atoms with Gasteiger partial charge < -0.3 is 15.8 Å². The maximum absolute atomic E-state index is 12.0. The minimum atomic E-state index is -0.213. The monoisotopic (exact) mass is 296 g/mol. The first-order chi connectivity index (χ1) is 9.68. The van der Waals surface area contributed by atoms with Crippen LogP contribution in [-0.2, 0) is 4.74 Å². The zero-order valence-corrected chi connectivity index (χ0v) is 12.3. The van der Waals surface area contributed by atoms with E-state index in [-0.39, 0.29) is 5.91 Å². The maximum Gasteiger partial charge on any atom is 0.252 e. The van der Waals surface area contributed by atoms with Gasteiger partial charge in [-0.05, 0) is 25.0 Å². The summed E-state index contributed by atoms with van der Waals surface area (Å²) in [5.74, 6) is -0.213. The quantitative estimate of drug-likeness (QED) is 0.648. The fraction of sp³-hybridized carbons (Fsp3) is 0.533.